The van der Waals surface area contributed by atoms with Gasteiger partial charge < -0.3 is 10.1 Å². The van der Waals surface area contributed by atoms with Crippen LogP contribution in [0.5, 0.6) is 0 Å². The first-order chi connectivity index (χ1) is 8.81. The molecule has 4 heteroatoms. The molecule has 0 amide bonds. The van der Waals surface area contributed by atoms with Crippen molar-refractivity contribution in [3.63, 3.8) is 0 Å². The van der Waals surface area contributed by atoms with Gasteiger partial charge in [-0.3, -0.25) is 0 Å². The summed E-state index contributed by atoms with van der Waals surface area (Å²) in [4.78, 5) is 0. The predicted molar refractivity (Wildman–Crippen MR) is 78.3 cm³/mol. The first kappa shape index (κ1) is 16.4. The standard InChI is InChI=1S/C15H23ClFNO/c1-5-18-12(10-19-15(2,3)4)8-11-6-7-14(17)13(16)9-11/h6-7,9,12,18H,5,8,10H2,1-4H3. The maximum atomic E-state index is 13.1. The molecule has 0 fully saturated rings. The highest BCUT2D eigenvalue weighted by Crippen LogP contribution is 2.17. The molecule has 1 atom stereocenters. The van der Waals surface area contributed by atoms with Crippen LogP contribution < -0.4 is 5.32 Å². The molecule has 0 aliphatic heterocycles. The predicted octanol–water partition coefficient (Wildman–Crippen LogP) is 3.81. The molecule has 0 aromatic heterocycles. The van der Waals surface area contributed by atoms with Crippen LogP contribution in [-0.2, 0) is 11.2 Å². The molecule has 0 heterocycles. The lowest BCUT2D eigenvalue weighted by Gasteiger charge is -2.25. The van der Waals surface area contributed by atoms with Gasteiger partial charge in [-0.2, -0.15) is 0 Å². The fourth-order valence-electron chi connectivity index (χ4n) is 1.78. The summed E-state index contributed by atoms with van der Waals surface area (Å²) in [5.41, 5.74) is 0.851. The maximum Gasteiger partial charge on any atom is 0.141 e. The number of halogens is 2. The summed E-state index contributed by atoms with van der Waals surface area (Å²) in [5.74, 6) is -0.378. The van der Waals surface area contributed by atoms with E-state index in [0.717, 1.165) is 18.5 Å². The molecule has 0 saturated heterocycles. The van der Waals surface area contributed by atoms with Crippen molar-refractivity contribution in [3.8, 4) is 0 Å². The summed E-state index contributed by atoms with van der Waals surface area (Å²) >= 11 is 5.80. The molecule has 1 N–H and O–H groups in total. The van der Waals surface area contributed by atoms with E-state index in [-0.39, 0.29) is 22.5 Å². The monoisotopic (exact) mass is 287 g/mol. The molecule has 0 spiro atoms. The topological polar surface area (TPSA) is 21.3 Å². The fourth-order valence-corrected chi connectivity index (χ4v) is 1.98. The Kier molecular flexibility index (Phi) is 6.24. The minimum absolute atomic E-state index is 0.159. The lowest BCUT2D eigenvalue weighted by Crippen LogP contribution is -2.38. The molecule has 108 valence electrons. The van der Waals surface area contributed by atoms with E-state index in [1.807, 2.05) is 20.8 Å². The van der Waals surface area contributed by atoms with Crippen molar-refractivity contribution >= 4 is 11.6 Å². The first-order valence-corrected chi connectivity index (χ1v) is 7.01. The molecule has 1 rings (SSSR count). The van der Waals surface area contributed by atoms with Gasteiger partial charge in [-0.15, -0.1) is 0 Å². The van der Waals surface area contributed by atoms with E-state index in [1.54, 1.807) is 12.1 Å². The van der Waals surface area contributed by atoms with E-state index in [1.165, 1.54) is 6.07 Å². The van der Waals surface area contributed by atoms with Gasteiger partial charge in [-0.1, -0.05) is 24.6 Å². The Morgan fingerprint density at radius 2 is 2.05 bits per heavy atom. The van der Waals surface area contributed by atoms with Gasteiger partial charge in [0, 0.05) is 6.04 Å². The molecule has 0 saturated carbocycles. The second kappa shape index (κ2) is 7.22. The number of hydrogen-bond acceptors (Lipinski definition) is 2. The quantitative estimate of drug-likeness (QED) is 0.859. The molecular weight excluding hydrogens is 265 g/mol. The van der Waals surface area contributed by atoms with Crippen LogP contribution in [-0.4, -0.2) is 24.8 Å². The lowest BCUT2D eigenvalue weighted by molar-refractivity contribution is -0.0141. The Labute approximate surface area is 120 Å². The van der Waals surface area contributed by atoms with Crippen molar-refractivity contribution in [2.45, 2.75) is 45.8 Å². The Bertz CT molecular complexity index is 404. The van der Waals surface area contributed by atoms with Crippen LogP contribution in [0.4, 0.5) is 4.39 Å². The molecule has 2 nitrogen and oxygen atoms in total. The third kappa shape index (κ3) is 6.37. The summed E-state index contributed by atoms with van der Waals surface area (Å²) in [6, 6.07) is 5.05. The Morgan fingerprint density at radius 1 is 1.37 bits per heavy atom. The van der Waals surface area contributed by atoms with E-state index in [2.05, 4.69) is 12.2 Å². The van der Waals surface area contributed by atoms with E-state index in [0.29, 0.717) is 6.61 Å². The van der Waals surface area contributed by atoms with Gasteiger partial charge in [-0.05, 0) is 51.4 Å². The van der Waals surface area contributed by atoms with Gasteiger partial charge in [0.2, 0.25) is 0 Å². The summed E-state index contributed by atoms with van der Waals surface area (Å²) in [6.45, 7) is 9.64. The van der Waals surface area contributed by atoms with Gasteiger partial charge in [0.1, 0.15) is 5.82 Å². The van der Waals surface area contributed by atoms with Crippen LogP contribution in [0, 0.1) is 5.82 Å². The summed E-state index contributed by atoms with van der Waals surface area (Å²) in [7, 11) is 0. The van der Waals surface area contributed by atoms with Crippen molar-refractivity contribution < 1.29 is 9.13 Å². The summed E-state index contributed by atoms with van der Waals surface area (Å²) in [5, 5.41) is 3.55. The average molecular weight is 288 g/mol. The maximum absolute atomic E-state index is 13.1. The van der Waals surface area contributed by atoms with Gasteiger partial charge >= 0.3 is 0 Å². The molecule has 19 heavy (non-hydrogen) atoms. The molecule has 0 aliphatic carbocycles. The van der Waals surface area contributed by atoms with E-state index in [4.69, 9.17) is 16.3 Å². The second-order valence-corrected chi connectivity index (χ2v) is 6.04. The van der Waals surface area contributed by atoms with Crippen LogP contribution in [0.25, 0.3) is 0 Å². The smallest absolute Gasteiger partial charge is 0.141 e. The van der Waals surface area contributed by atoms with Gasteiger partial charge in [0.25, 0.3) is 0 Å². The largest absolute Gasteiger partial charge is 0.374 e. The highest BCUT2D eigenvalue weighted by atomic mass is 35.5. The molecule has 1 aromatic rings. The van der Waals surface area contributed by atoms with Crippen molar-refractivity contribution in [2.24, 2.45) is 0 Å². The lowest BCUT2D eigenvalue weighted by atomic mass is 10.1. The highest BCUT2D eigenvalue weighted by molar-refractivity contribution is 6.30. The van der Waals surface area contributed by atoms with Crippen LogP contribution in [0.1, 0.15) is 33.3 Å². The zero-order valence-corrected chi connectivity index (χ0v) is 12.9. The minimum atomic E-state index is -0.378. The fraction of sp³-hybridized carbons (Fsp3) is 0.600. The summed E-state index contributed by atoms with van der Waals surface area (Å²) < 4.78 is 18.9. The molecule has 0 bridgehead atoms. The first-order valence-electron chi connectivity index (χ1n) is 6.63. The number of rotatable bonds is 6. The van der Waals surface area contributed by atoms with E-state index in [9.17, 15) is 4.39 Å². The number of ether oxygens (including phenoxy) is 1. The van der Waals surface area contributed by atoms with Gasteiger partial charge in [-0.25, -0.2) is 4.39 Å². The number of nitrogens with one attached hydrogen (secondary N) is 1. The third-order valence-corrected chi connectivity index (χ3v) is 2.97. The van der Waals surface area contributed by atoms with Crippen molar-refractivity contribution in [1.29, 1.82) is 0 Å². The molecular formula is C15H23ClFNO. The third-order valence-electron chi connectivity index (χ3n) is 2.68. The number of benzene rings is 1. The molecule has 1 unspecified atom stereocenters. The van der Waals surface area contributed by atoms with Gasteiger partial charge in [0.05, 0.1) is 17.2 Å². The molecule has 1 aromatic carbocycles. The zero-order valence-electron chi connectivity index (χ0n) is 12.1. The van der Waals surface area contributed by atoms with E-state index >= 15 is 0 Å². The zero-order chi connectivity index (χ0) is 14.5. The molecule has 0 radical (unpaired) electrons. The minimum Gasteiger partial charge on any atom is -0.374 e. The van der Waals surface area contributed by atoms with E-state index < -0.39 is 0 Å². The Morgan fingerprint density at radius 3 is 2.58 bits per heavy atom. The van der Waals surface area contributed by atoms with Crippen LogP contribution in [0.3, 0.4) is 0 Å². The van der Waals surface area contributed by atoms with Crippen LogP contribution in [0.2, 0.25) is 5.02 Å². The Hall–Kier alpha value is -0.640. The van der Waals surface area contributed by atoms with Gasteiger partial charge in [0.15, 0.2) is 0 Å². The van der Waals surface area contributed by atoms with Crippen LogP contribution in [0.15, 0.2) is 18.2 Å². The summed E-state index contributed by atoms with van der Waals surface area (Å²) in [6.07, 6.45) is 0.768. The average Bonchev–Trinajstić information content (AvgIpc) is 2.30. The highest BCUT2D eigenvalue weighted by Gasteiger charge is 2.15. The van der Waals surface area contributed by atoms with Crippen LogP contribution >= 0.6 is 11.6 Å². The van der Waals surface area contributed by atoms with Crippen molar-refractivity contribution in [3.05, 3.63) is 34.6 Å². The number of likely N-dealkylation sites (N-methyl/N-ethyl adjacent to an activating group) is 1. The van der Waals surface area contributed by atoms with Crippen molar-refractivity contribution in [1.82, 2.24) is 5.32 Å². The SMILES string of the molecule is CCNC(COC(C)(C)C)Cc1ccc(F)c(Cl)c1. The van der Waals surface area contributed by atoms with Crippen molar-refractivity contribution in [2.75, 3.05) is 13.2 Å². The molecule has 0 aliphatic rings. The number of hydrogen-bond donors (Lipinski definition) is 1. The second-order valence-electron chi connectivity index (χ2n) is 5.63. The Balaban J connectivity index is 2.64. The normalized spacial score (nSPS) is 13.6.